The number of amides is 2. The highest BCUT2D eigenvalue weighted by atomic mass is 32.2. The van der Waals surface area contributed by atoms with Gasteiger partial charge in [-0.25, -0.2) is 8.42 Å². The number of carbonyl (C=O) groups excluding carboxylic acids is 2. The Morgan fingerprint density at radius 3 is 2.10 bits per heavy atom. The number of carbonyl (C=O) groups is 2. The van der Waals surface area contributed by atoms with Crippen LogP contribution in [0.15, 0.2) is 83.8 Å². The van der Waals surface area contributed by atoms with E-state index in [1.54, 1.807) is 36.4 Å². The number of sulfonamides is 1. The van der Waals surface area contributed by atoms with Crippen LogP contribution < -0.4 is 9.62 Å². The number of para-hydroxylation sites is 1. The van der Waals surface area contributed by atoms with Gasteiger partial charge < -0.3 is 10.2 Å². The topological polar surface area (TPSA) is 86.8 Å². The van der Waals surface area contributed by atoms with Crippen molar-refractivity contribution < 1.29 is 18.0 Å². The second-order valence-corrected chi connectivity index (χ2v) is 12.1. The predicted octanol–water partition coefficient (Wildman–Crippen LogP) is 5.13. The van der Waals surface area contributed by atoms with Crippen molar-refractivity contribution in [3.05, 3.63) is 95.6 Å². The van der Waals surface area contributed by atoms with Gasteiger partial charge in [0.05, 0.1) is 10.6 Å². The zero-order valence-corrected chi connectivity index (χ0v) is 24.9. The molecule has 0 heterocycles. The molecule has 0 radical (unpaired) electrons. The van der Waals surface area contributed by atoms with E-state index in [1.165, 1.54) is 9.21 Å². The molecule has 0 aliphatic rings. The first kappa shape index (κ1) is 30.9. The molecule has 3 aromatic carbocycles. The maximum absolute atomic E-state index is 14.1. The summed E-state index contributed by atoms with van der Waals surface area (Å²) in [5.41, 5.74) is 3.23. The van der Waals surface area contributed by atoms with Crippen LogP contribution in [0.1, 0.15) is 50.8 Å². The standard InChI is InChI=1S/C32H41N3O4S/c1-6-27-15-11-12-16-30(27)35(40(38,39)28-19-17-25(5)18-20-28)23-31(36)34(22-21-26-13-9-8-10-14-26)29(7-2)32(37)33-24(3)4/h8-20,24,29H,6-7,21-23H2,1-5H3,(H,33,37)/t29-/m1/s1. The molecular weight excluding hydrogens is 522 g/mol. The molecule has 2 amide bonds. The Bertz CT molecular complexity index is 1370. The van der Waals surface area contributed by atoms with Crippen LogP contribution in [0.4, 0.5) is 5.69 Å². The van der Waals surface area contributed by atoms with E-state index >= 15 is 0 Å². The van der Waals surface area contributed by atoms with Gasteiger partial charge in [-0.3, -0.25) is 13.9 Å². The third-order valence-corrected chi connectivity index (χ3v) is 8.60. The predicted molar refractivity (Wildman–Crippen MR) is 161 cm³/mol. The molecule has 0 bridgehead atoms. The van der Waals surface area contributed by atoms with Crippen LogP contribution in [0.3, 0.4) is 0 Å². The number of hydrogen-bond acceptors (Lipinski definition) is 4. The zero-order chi connectivity index (χ0) is 29.3. The summed E-state index contributed by atoms with van der Waals surface area (Å²) in [6.07, 6.45) is 1.53. The Kier molecular flexibility index (Phi) is 10.9. The molecule has 0 unspecified atom stereocenters. The number of benzene rings is 3. The molecule has 0 spiro atoms. The van der Waals surface area contributed by atoms with Gasteiger partial charge in [0.1, 0.15) is 12.6 Å². The van der Waals surface area contributed by atoms with E-state index in [0.717, 1.165) is 16.7 Å². The Hall–Kier alpha value is -3.65. The smallest absolute Gasteiger partial charge is 0.264 e. The molecule has 40 heavy (non-hydrogen) atoms. The first-order chi connectivity index (χ1) is 19.1. The lowest BCUT2D eigenvalue weighted by molar-refractivity contribution is -0.139. The van der Waals surface area contributed by atoms with Crippen molar-refractivity contribution in [1.82, 2.24) is 10.2 Å². The fourth-order valence-corrected chi connectivity index (χ4v) is 6.13. The summed E-state index contributed by atoms with van der Waals surface area (Å²) >= 11 is 0. The quantitative estimate of drug-likeness (QED) is 0.313. The SMILES string of the molecule is CCc1ccccc1N(CC(=O)N(CCc1ccccc1)[C@H](CC)C(=O)NC(C)C)S(=O)(=O)c1ccc(C)cc1. The Morgan fingerprint density at radius 2 is 1.50 bits per heavy atom. The summed E-state index contributed by atoms with van der Waals surface area (Å²) in [7, 11) is -4.09. The van der Waals surface area contributed by atoms with E-state index in [2.05, 4.69) is 5.32 Å². The van der Waals surface area contributed by atoms with Crippen LogP contribution in [0, 0.1) is 6.92 Å². The van der Waals surface area contributed by atoms with Crippen molar-refractivity contribution >= 4 is 27.5 Å². The molecular formula is C32H41N3O4S. The molecule has 214 valence electrons. The fourth-order valence-electron chi connectivity index (χ4n) is 4.68. The van der Waals surface area contributed by atoms with E-state index in [-0.39, 0.29) is 23.4 Å². The molecule has 0 saturated carbocycles. The zero-order valence-electron chi connectivity index (χ0n) is 24.1. The molecule has 3 rings (SSSR count). The van der Waals surface area contributed by atoms with Crippen molar-refractivity contribution in [2.24, 2.45) is 0 Å². The first-order valence-corrected chi connectivity index (χ1v) is 15.3. The van der Waals surface area contributed by atoms with Crippen LogP contribution in [0.25, 0.3) is 0 Å². The number of nitrogens with zero attached hydrogens (tertiary/aromatic N) is 2. The van der Waals surface area contributed by atoms with Gasteiger partial charge in [0.25, 0.3) is 10.0 Å². The minimum atomic E-state index is -4.09. The van der Waals surface area contributed by atoms with Crippen LogP contribution in [0.2, 0.25) is 0 Å². The molecule has 3 aromatic rings. The molecule has 0 fully saturated rings. The molecule has 1 N–H and O–H groups in total. The molecule has 8 heteroatoms. The van der Waals surface area contributed by atoms with Crippen molar-refractivity contribution in [2.75, 3.05) is 17.4 Å². The molecule has 0 aliphatic carbocycles. The lowest BCUT2D eigenvalue weighted by Crippen LogP contribution is -2.54. The van der Waals surface area contributed by atoms with Gasteiger partial charge in [0.15, 0.2) is 0 Å². The van der Waals surface area contributed by atoms with Crippen LogP contribution in [0.5, 0.6) is 0 Å². The summed E-state index contributed by atoms with van der Waals surface area (Å²) in [5, 5.41) is 2.93. The monoisotopic (exact) mass is 563 g/mol. The van der Waals surface area contributed by atoms with Gasteiger partial charge >= 0.3 is 0 Å². The minimum Gasteiger partial charge on any atom is -0.352 e. The van der Waals surface area contributed by atoms with Gasteiger partial charge in [-0.2, -0.15) is 0 Å². The largest absolute Gasteiger partial charge is 0.352 e. The number of hydrogen-bond donors (Lipinski definition) is 1. The third-order valence-electron chi connectivity index (χ3n) is 6.83. The van der Waals surface area contributed by atoms with E-state index in [4.69, 9.17) is 0 Å². The van der Waals surface area contributed by atoms with E-state index < -0.39 is 28.5 Å². The lowest BCUT2D eigenvalue weighted by atomic mass is 10.1. The molecule has 0 saturated heterocycles. The van der Waals surface area contributed by atoms with Crippen LogP contribution in [-0.2, 0) is 32.5 Å². The highest BCUT2D eigenvalue weighted by Gasteiger charge is 2.34. The van der Waals surface area contributed by atoms with Crippen molar-refractivity contribution in [2.45, 2.75) is 70.9 Å². The van der Waals surface area contributed by atoms with Crippen molar-refractivity contribution in [3.8, 4) is 0 Å². The normalized spacial score (nSPS) is 12.2. The van der Waals surface area contributed by atoms with Gasteiger partial charge in [0, 0.05) is 12.6 Å². The Labute approximate surface area is 239 Å². The molecule has 1 atom stereocenters. The summed E-state index contributed by atoms with van der Waals surface area (Å²) in [6.45, 7) is 9.31. The Balaban J connectivity index is 2.05. The minimum absolute atomic E-state index is 0.0949. The lowest BCUT2D eigenvalue weighted by Gasteiger charge is -2.34. The van der Waals surface area contributed by atoms with Crippen molar-refractivity contribution in [3.63, 3.8) is 0 Å². The highest BCUT2D eigenvalue weighted by Crippen LogP contribution is 2.28. The van der Waals surface area contributed by atoms with Crippen LogP contribution >= 0.6 is 0 Å². The number of anilines is 1. The summed E-state index contributed by atoms with van der Waals surface area (Å²) in [6, 6.07) is 22.8. The number of rotatable bonds is 13. The Morgan fingerprint density at radius 1 is 0.875 bits per heavy atom. The number of nitrogens with one attached hydrogen (secondary N) is 1. The van der Waals surface area contributed by atoms with Crippen molar-refractivity contribution in [1.29, 1.82) is 0 Å². The second kappa shape index (κ2) is 14.1. The van der Waals surface area contributed by atoms with E-state index in [9.17, 15) is 18.0 Å². The highest BCUT2D eigenvalue weighted by molar-refractivity contribution is 7.92. The maximum atomic E-state index is 14.1. The van der Waals surface area contributed by atoms with E-state index in [0.29, 0.717) is 24.9 Å². The van der Waals surface area contributed by atoms with E-state index in [1.807, 2.05) is 77.1 Å². The third kappa shape index (κ3) is 7.72. The molecule has 0 aliphatic heterocycles. The van der Waals surface area contributed by atoms with Gasteiger partial charge in [-0.05, 0) is 69.4 Å². The maximum Gasteiger partial charge on any atom is 0.264 e. The van der Waals surface area contributed by atoms with Crippen LogP contribution in [-0.4, -0.2) is 50.3 Å². The first-order valence-electron chi connectivity index (χ1n) is 13.9. The van der Waals surface area contributed by atoms with Gasteiger partial charge in [-0.15, -0.1) is 0 Å². The average Bonchev–Trinajstić information content (AvgIpc) is 2.94. The average molecular weight is 564 g/mol. The number of aryl methyl sites for hydroxylation is 2. The molecule has 0 aromatic heterocycles. The molecule has 7 nitrogen and oxygen atoms in total. The summed E-state index contributed by atoms with van der Waals surface area (Å²) in [5.74, 6) is -0.677. The second-order valence-electron chi connectivity index (χ2n) is 10.2. The fraction of sp³-hybridized carbons (Fsp3) is 0.375. The summed E-state index contributed by atoms with van der Waals surface area (Å²) < 4.78 is 29.3. The summed E-state index contributed by atoms with van der Waals surface area (Å²) in [4.78, 5) is 29.0. The van der Waals surface area contributed by atoms with Gasteiger partial charge in [0.2, 0.25) is 11.8 Å². The van der Waals surface area contributed by atoms with Gasteiger partial charge in [-0.1, -0.05) is 80.1 Å².